The predicted molar refractivity (Wildman–Crippen MR) is 112 cm³/mol. The van der Waals surface area contributed by atoms with E-state index in [1.807, 2.05) is 26.0 Å². The van der Waals surface area contributed by atoms with Crippen molar-refractivity contribution in [3.8, 4) is 28.6 Å². The van der Waals surface area contributed by atoms with Crippen molar-refractivity contribution in [3.05, 3.63) is 45.7 Å². The quantitative estimate of drug-likeness (QED) is 0.614. The van der Waals surface area contributed by atoms with Crippen LogP contribution >= 0.6 is 0 Å². The fraction of sp³-hybridized carbons (Fsp3) is 0.364. The number of nitrogens with zero attached hydrogens (tertiary/aromatic N) is 1. The topological polar surface area (TPSA) is 103 Å². The van der Waals surface area contributed by atoms with E-state index in [0.29, 0.717) is 41.4 Å². The summed E-state index contributed by atoms with van der Waals surface area (Å²) >= 11 is 0. The third kappa shape index (κ3) is 3.83. The van der Waals surface area contributed by atoms with Gasteiger partial charge in [0.25, 0.3) is 5.56 Å². The summed E-state index contributed by atoms with van der Waals surface area (Å²) in [5.41, 5.74) is 2.74. The fourth-order valence-corrected chi connectivity index (χ4v) is 3.51. The molecule has 0 unspecified atom stereocenters. The van der Waals surface area contributed by atoms with Gasteiger partial charge < -0.3 is 29.0 Å². The lowest BCUT2D eigenvalue weighted by atomic mass is 10.0. The summed E-state index contributed by atoms with van der Waals surface area (Å²) in [5.74, 6) is 2.15. The lowest BCUT2D eigenvalue weighted by Crippen LogP contribution is -2.38. The van der Waals surface area contributed by atoms with Gasteiger partial charge in [-0.15, -0.1) is 0 Å². The van der Waals surface area contributed by atoms with Gasteiger partial charge in [-0.3, -0.25) is 4.79 Å². The van der Waals surface area contributed by atoms with Gasteiger partial charge in [0.15, 0.2) is 0 Å². The normalized spacial score (nSPS) is 13.9. The Morgan fingerprint density at radius 2 is 1.93 bits per heavy atom. The monoisotopic (exact) mass is 412 g/mol. The minimum Gasteiger partial charge on any atom is -0.496 e. The first kappa shape index (κ1) is 20.2. The average Bonchev–Trinajstić information content (AvgIpc) is 2.69. The van der Waals surface area contributed by atoms with Crippen LogP contribution in [-0.4, -0.2) is 54.7 Å². The molecule has 2 heterocycles. The van der Waals surface area contributed by atoms with Crippen LogP contribution in [0.2, 0.25) is 0 Å². The molecule has 1 aliphatic rings. The number of aromatic nitrogens is 2. The number of aryl methyl sites for hydroxylation is 2. The molecule has 8 nitrogen and oxygen atoms in total. The number of methoxy groups -OCH3 is 1. The molecule has 8 heteroatoms. The van der Waals surface area contributed by atoms with Gasteiger partial charge in [-0.05, 0) is 37.1 Å². The van der Waals surface area contributed by atoms with Crippen LogP contribution in [0.3, 0.4) is 0 Å². The summed E-state index contributed by atoms with van der Waals surface area (Å²) in [6.07, 6.45) is -0.00890. The number of fused-ring (bicyclic) bond motifs is 1. The standard InChI is InChI=1S/C22H24N2O6/c1-12-6-14(7-13(2)20(12)29-5-4-25)21-23-17-8-15(30-16-10-28-11-16)9-18(27-3)19(17)22(26)24-21/h6-9,16,25H,4-5,10-11H2,1-3H3,(H,23,24,26). The summed E-state index contributed by atoms with van der Waals surface area (Å²) in [4.78, 5) is 20.4. The maximum atomic E-state index is 12.8. The van der Waals surface area contributed by atoms with Crippen LogP contribution in [0.4, 0.5) is 0 Å². The van der Waals surface area contributed by atoms with Crippen molar-refractivity contribution in [2.24, 2.45) is 0 Å². The van der Waals surface area contributed by atoms with Crippen molar-refractivity contribution in [2.45, 2.75) is 20.0 Å². The van der Waals surface area contributed by atoms with Crippen LogP contribution in [0, 0.1) is 13.8 Å². The lowest BCUT2D eigenvalue weighted by Gasteiger charge is -2.27. The molecule has 1 saturated heterocycles. The SMILES string of the molecule is COc1cc(OC2COC2)cc2nc(-c3cc(C)c(OCCO)c(C)c3)[nH]c(=O)c12. The molecule has 158 valence electrons. The first-order chi connectivity index (χ1) is 14.5. The Bertz CT molecular complexity index is 1110. The van der Waals surface area contributed by atoms with Gasteiger partial charge in [0, 0.05) is 17.7 Å². The number of rotatable bonds is 7. The highest BCUT2D eigenvalue weighted by Crippen LogP contribution is 2.32. The van der Waals surface area contributed by atoms with Gasteiger partial charge in [0.05, 0.1) is 32.4 Å². The molecule has 0 radical (unpaired) electrons. The predicted octanol–water partition coefficient (Wildman–Crippen LogP) is 2.36. The van der Waals surface area contributed by atoms with Crippen molar-refractivity contribution >= 4 is 10.9 Å². The molecule has 0 amide bonds. The van der Waals surface area contributed by atoms with Gasteiger partial charge >= 0.3 is 0 Å². The Balaban J connectivity index is 1.79. The Morgan fingerprint density at radius 3 is 2.53 bits per heavy atom. The number of aliphatic hydroxyl groups is 1. The Kier molecular flexibility index (Phi) is 5.61. The van der Waals surface area contributed by atoms with E-state index in [9.17, 15) is 4.79 Å². The molecule has 1 aliphatic heterocycles. The van der Waals surface area contributed by atoms with E-state index in [1.54, 1.807) is 12.1 Å². The minimum atomic E-state index is -0.290. The van der Waals surface area contributed by atoms with Gasteiger partial charge in [-0.25, -0.2) is 4.98 Å². The van der Waals surface area contributed by atoms with Crippen molar-refractivity contribution in [2.75, 3.05) is 33.5 Å². The lowest BCUT2D eigenvalue weighted by molar-refractivity contribution is -0.0796. The molecule has 4 rings (SSSR count). The molecule has 0 spiro atoms. The van der Waals surface area contributed by atoms with E-state index in [0.717, 1.165) is 22.4 Å². The summed E-state index contributed by atoms with van der Waals surface area (Å²) in [7, 11) is 1.51. The van der Waals surface area contributed by atoms with E-state index in [2.05, 4.69) is 9.97 Å². The molecular weight excluding hydrogens is 388 g/mol. The Morgan fingerprint density at radius 1 is 1.20 bits per heavy atom. The molecule has 1 fully saturated rings. The van der Waals surface area contributed by atoms with Crippen LogP contribution in [0.5, 0.6) is 17.2 Å². The minimum absolute atomic E-state index is 0.00890. The molecule has 0 bridgehead atoms. The molecule has 3 aromatic rings. The largest absolute Gasteiger partial charge is 0.496 e. The third-order valence-electron chi connectivity index (χ3n) is 4.95. The number of benzene rings is 2. The van der Waals surface area contributed by atoms with Crippen molar-refractivity contribution in [1.29, 1.82) is 0 Å². The van der Waals surface area contributed by atoms with Gasteiger partial charge in [-0.1, -0.05) is 0 Å². The maximum Gasteiger partial charge on any atom is 0.262 e. The van der Waals surface area contributed by atoms with Crippen molar-refractivity contribution in [3.63, 3.8) is 0 Å². The average molecular weight is 412 g/mol. The molecule has 2 N–H and O–H groups in total. The van der Waals surface area contributed by atoms with E-state index >= 15 is 0 Å². The van der Waals surface area contributed by atoms with Gasteiger partial charge in [0.1, 0.15) is 41.2 Å². The Hall–Kier alpha value is -3.10. The fourth-order valence-electron chi connectivity index (χ4n) is 3.51. The summed E-state index contributed by atoms with van der Waals surface area (Å²) in [6, 6.07) is 7.23. The van der Waals surface area contributed by atoms with E-state index < -0.39 is 0 Å². The van der Waals surface area contributed by atoms with Crippen molar-refractivity contribution < 1.29 is 24.1 Å². The number of nitrogens with one attached hydrogen (secondary N) is 1. The number of H-pyrrole nitrogens is 1. The van der Waals surface area contributed by atoms with Gasteiger partial charge in [-0.2, -0.15) is 0 Å². The first-order valence-corrected chi connectivity index (χ1v) is 9.72. The number of ether oxygens (including phenoxy) is 4. The van der Waals surface area contributed by atoms with Crippen LogP contribution in [0.15, 0.2) is 29.1 Å². The molecule has 2 aromatic carbocycles. The molecule has 0 atom stereocenters. The van der Waals surface area contributed by atoms with Gasteiger partial charge in [0.2, 0.25) is 0 Å². The zero-order chi connectivity index (χ0) is 21.3. The molecule has 1 aromatic heterocycles. The molecule has 30 heavy (non-hydrogen) atoms. The van der Waals surface area contributed by atoms with Crippen molar-refractivity contribution in [1.82, 2.24) is 9.97 Å². The highest BCUT2D eigenvalue weighted by Gasteiger charge is 2.22. The number of aromatic amines is 1. The highest BCUT2D eigenvalue weighted by atomic mass is 16.6. The summed E-state index contributed by atoms with van der Waals surface area (Å²) < 4.78 is 22.1. The van der Waals surface area contributed by atoms with E-state index in [-0.39, 0.29) is 24.9 Å². The smallest absolute Gasteiger partial charge is 0.262 e. The molecule has 0 aliphatic carbocycles. The first-order valence-electron chi connectivity index (χ1n) is 9.72. The molecule has 0 saturated carbocycles. The summed E-state index contributed by atoms with van der Waals surface area (Å²) in [5, 5.41) is 9.38. The van der Waals surface area contributed by atoms with E-state index in [4.69, 9.17) is 24.1 Å². The second kappa shape index (κ2) is 8.33. The number of hydrogen-bond acceptors (Lipinski definition) is 7. The number of aliphatic hydroxyl groups excluding tert-OH is 1. The summed E-state index contributed by atoms with van der Waals surface area (Å²) in [6.45, 7) is 5.07. The maximum absolute atomic E-state index is 12.8. The second-order valence-electron chi connectivity index (χ2n) is 7.22. The van der Waals surface area contributed by atoms with Crippen LogP contribution in [-0.2, 0) is 4.74 Å². The third-order valence-corrected chi connectivity index (χ3v) is 4.95. The van der Waals surface area contributed by atoms with Crippen LogP contribution in [0.25, 0.3) is 22.3 Å². The van der Waals surface area contributed by atoms with E-state index in [1.165, 1.54) is 7.11 Å². The highest BCUT2D eigenvalue weighted by molar-refractivity contribution is 5.87. The van der Waals surface area contributed by atoms with Crippen LogP contribution < -0.4 is 19.8 Å². The zero-order valence-corrected chi connectivity index (χ0v) is 17.2. The van der Waals surface area contributed by atoms with Crippen LogP contribution in [0.1, 0.15) is 11.1 Å². The molecular formula is C22H24N2O6. The second-order valence-corrected chi connectivity index (χ2v) is 7.22. The number of hydrogen-bond donors (Lipinski definition) is 2. The Labute approximate surface area is 173 Å². The zero-order valence-electron chi connectivity index (χ0n) is 17.2.